The Bertz CT molecular complexity index is 1240. The Hall–Kier alpha value is -2.49. The highest BCUT2D eigenvalue weighted by Crippen LogP contribution is 2.24. The van der Waals surface area contributed by atoms with Crippen molar-refractivity contribution in [3.05, 3.63) is 53.1 Å². The number of hydrogen-bond donors (Lipinski definition) is 1. The molecule has 32 heavy (non-hydrogen) atoms. The average Bonchev–Trinajstić information content (AvgIpc) is 3.12. The number of aryl methyl sites for hydroxylation is 2. The lowest BCUT2D eigenvalue weighted by molar-refractivity contribution is -0.116. The molecule has 0 spiro atoms. The number of sulfonamides is 1. The molecule has 1 heterocycles. The van der Waals surface area contributed by atoms with E-state index in [1.54, 1.807) is 32.0 Å². The zero-order valence-electron chi connectivity index (χ0n) is 18.2. The van der Waals surface area contributed by atoms with Crippen LogP contribution in [0.5, 0.6) is 0 Å². The van der Waals surface area contributed by atoms with Gasteiger partial charge in [0.05, 0.1) is 21.0 Å². The van der Waals surface area contributed by atoms with E-state index in [9.17, 15) is 17.6 Å². The Balaban J connectivity index is 1.80. The SMILES string of the molecule is CCN(CC)S(=O)(=O)c1ccc2c(c1)nc(CCC(=O)Nc1ccc(F)c(Cl)c1)n2CC. The van der Waals surface area contributed by atoms with E-state index in [1.807, 2.05) is 11.5 Å². The number of nitrogens with one attached hydrogen (secondary N) is 1. The topological polar surface area (TPSA) is 84.3 Å². The Labute approximate surface area is 192 Å². The Morgan fingerprint density at radius 3 is 2.50 bits per heavy atom. The minimum Gasteiger partial charge on any atom is -0.328 e. The van der Waals surface area contributed by atoms with Gasteiger partial charge < -0.3 is 9.88 Å². The average molecular weight is 481 g/mol. The van der Waals surface area contributed by atoms with Gasteiger partial charge in [-0.2, -0.15) is 4.31 Å². The molecule has 0 aliphatic carbocycles. The summed E-state index contributed by atoms with van der Waals surface area (Å²) in [5, 5.41) is 2.63. The van der Waals surface area contributed by atoms with Gasteiger partial charge in [-0.1, -0.05) is 25.4 Å². The number of hydrogen-bond acceptors (Lipinski definition) is 4. The number of amides is 1. The van der Waals surface area contributed by atoms with Gasteiger partial charge in [0.1, 0.15) is 11.6 Å². The summed E-state index contributed by atoms with van der Waals surface area (Å²) in [5.74, 6) is -0.122. The lowest BCUT2D eigenvalue weighted by Crippen LogP contribution is -2.30. The van der Waals surface area contributed by atoms with Crippen molar-refractivity contribution in [1.82, 2.24) is 13.9 Å². The summed E-state index contributed by atoms with van der Waals surface area (Å²) in [7, 11) is -3.59. The highest BCUT2D eigenvalue weighted by molar-refractivity contribution is 7.89. The largest absolute Gasteiger partial charge is 0.328 e. The molecule has 10 heteroatoms. The molecule has 0 saturated carbocycles. The number of carbonyl (C=O) groups is 1. The summed E-state index contributed by atoms with van der Waals surface area (Å²) in [6, 6.07) is 8.93. The molecule has 1 N–H and O–H groups in total. The summed E-state index contributed by atoms with van der Waals surface area (Å²) in [6.45, 7) is 6.97. The molecule has 1 amide bonds. The molecule has 0 saturated heterocycles. The standard InChI is InChI=1S/C22H26ClFN4O3S/c1-4-27(5-2)32(30,31)16-8-10-20-19(14-16)26-21(28(20)6-3)11-12-22(29)25-15-7-9-18(24)17(23)13-15/h7-10,13-14H,4-6,11-12H2,1-3H3,(H,25,29). The summed E-state index contributed by atoms with van der Waals surface area (Å²) >= 11 is 5.75. The van der Waals surface area contributed by atoms with Crippen LogP contribution in [0.4, 0.5) is 10.1 Å². The Kier molecular flexibility index (Phi) is 7.53. The number of imidazole rings is 1. The lowest BCUT2D eigenvalue weighted by atomic mass is 10.2. The van der Waals surface area contributed by atoms with Crippen LogP contribution in [-0.2, 0) is 27.8 Å². The molecule has 172 valence electrons. The van der Waals surface area contributed by atoms with Crippen molar-refractivity contribution in [3.63, 3.8) is 0 Å². The van der Waals surface area contributed by atoms with E-state index in [4.69, 9.17) is 11.6 Å². The van der Waals surface area contributed by atoms with E-state index >= 15 is 0 Å². The maximum absolute atomic E-state index is 13.3. The van der Waals surface area contributed by atoms with Crippen LogP contribution in [0.3, 0.4) is 0 Å². The molecule has 0 atom stereocenters. The molecule has 3 aromatic rings. The van der Waals surface area contributed by atoms with Gasteiger partial charge in [0.25, 0.3) is 0 Å². The summed E-state index contributed by atoms with van der Waals surface area (Å²) in [6.07, 6.45) is 0.518. The number of nitrogens with zero attached hydrogens (tertiary/aromatic N) is 3. The molecule has 0 bridgehead atoms. The minimum absolute atomic E-state index is 0.0638. The Morgan fingerprint density at radius 1 is 1.16 bits per heavy atom. The first-order valence-electron chi connectivity index (χ1n) is 10.4. The fraction of sp³-hybridized carbons (Fsp3) is 0.364. The molecule has 0 aliphatic rings. The molecule has 0 aliphatic heterocycles. The molecular weight excluding hydrogens is 455 g/mol. The highest BCUT2D eigenvalue weighted by atomic mass is 35.5. The fourth-order valence-electron chi connectivity index (χ4n) is 3.60. The predicted octanol–water partition coefficient (Wildman–Crippen LogP) is 4.45. The second kappa shape index (κ2) is 9.97. The van der Waals surface area contributed by atoms with Gasteiger partial charge in [-0.3, -0.25) is 4.79 Å². The van der Waals surface area contributed by atoms with Gasteiger partial charge in [0, 0.05) is 38.2 Å². The van der Waals surface area contributed by atoms with Crippen molar-refractivity contribution >= 4 is 44.3 Å². The molecule has 1 aromatic heterocycles. The second-order valence-corrected chi connectivity index (χ2v) is 9.53. The smallest absolute Gasteiger partial charge is 0.243 e. The van der Waals surface area contributed by atoms with Crippen molar-refractivity contribution in [2.24, 2.45) is 0 Å². The first kappa shape index (κ1) is 24.2. The van der Waals surface area contributed by atoms with Gasteiger partial charge >= 0.3 is 0 Å². The molecule has 2 aromatic carbocycles. The zero-order valence-corrected chi connectivity index (χ0v) is 19.8. The van der Waals surface area contributed by atoms with Crippen molar-refractivity contribution in [1.29, 1.82) is 0 Å². The predicted molar refractivity (Wildman–Crippen MR) is 124 cm³/mol. The molecule has 0 fully saturated rings. The number of aromatic nitrogens is 2. The summed E-state index contributed by atoms with van der Waals surface area (Å²) < 4.78 is 42.3. The van der Waals surface area contributed by atoms with E-state index < -0.39 is 15.8 Å². The molecule has 0 radical (unpaired) electrons. The van der Waals surface area contributed by atoms with Gasteiger partial charge in [-0.25, -0.2) is 17.8 Å². The van der Waals surface area contributed by atoms with Crippen LogP contribution in [0.2, 0.25) is 5.02 Å². The van der Waals surface area contributed by atoms with E-state index in [2.05, 4.69) is 10.3 Å². The third-order valence-electron chi connectivity index (χ3n) is 5.24. The Morgan fingerprint density at radius 2 is 1.88 bits per heavy atom. The van der Waals surface area contributed by atoms with E-state index in [0.717, 1.165) is 5.52 Å². The third kappa shape index (κ3) is 4.95. The molecular formula is C22H26ClFN4O3S. The maximum Gasteiger partial charge on any atom is 0.243 e. The van der Waals surface area contributed by atoms with Crippen LogP contribution in [0.1, 0.15) is 33.0 Å². The fourth-order valence-corrected chi connectivity index (χ4v) is 5.26. The number of benzene rings is 2. The van der Waals surface area contributed by atoms with Crippen molar-refractivity contribution in [2.45, 2.75) is 45.1 Å². The van der Waals surface area contributed by atoms with Crippen molar-refractivity contribution in [2.75, 3.05) is 18.4 Å². The number of carbonyl (C=O) groups excluding carboxylic acids is 1. The highest BCUT2D eigenvalue weighted by Gasteiger charge is 2.23. The first-order valence-corrected chi connectivity index (χ1v) is 12.3. The number of fused-ring (bicyclic) bond motifs is 1. The second-order valence-electron chi connectivity index (χ2n) is 7.19. The van der Waals surface area contributed by atoms with Crippen LogP contribution >= 0.6 is 11.6 Å². The summed E-state index contributed by atoms with van der Waals surface area (Å²) in [5.41, 5.74) is 1.80. The van der Waals surface area contributed by atoms with Gasteiger partial charge in [0.15, 0.2) is 0 Å². The van der Waals surface area contributed by atoms with E-state index in [0.29, 0.717) is 43.1 Å². The molecule has 7 nitrogen and oxygen atoms in total. The first-order chi connectivity index (χ1) is 15.2. The quantitative estimate of drug-likeness (QED) is 0.490. The maximum atomic E-state index is 13.3. The third-order valence-corrected chi connectivity index (χ3v) is 7.57. The summed E-state index contributed by atoms with van der Waals surface area (Å²) in [4.78, 5) is 17.2. The monoisotopic (exact) mass is 480 g/mol. The number of halogens is 2. The van der Waals surface area contributed by atoms with Gasteiger partial charge in [-0.15, -0.1) is 0 Å². The van der Waals surface area contributed by atoms with Crippen LogP contribution < -0.4 is 5.32 Å². The van der Waals surface area contributed by atoms with Gasteiger partial charge in [-0.05, 0) is 43.3 Å². The normalized spacial score (nSPS) is 11.9. The van der Waals surface area contributed by atoms with Crippen molar-refractivity contribution < 1.29 is 17.6 Å². The molecule has 0 unspecified atom stereocenters. The number of anilines is 1. The van der Waals surface area contributed by atoms with E-state index in [-0.39, 0.29) is 22.2 Å². The number of rotatable bonds is 9. The lowest BCUT2D eigenvalue weighted by Gasteiger charge is -2.18. The van der Waals surface area contributed by atoms with Crippen LogP contribution in [0, 0.1) is 5.82 Å². The zero-order chi connectivity index (χ0) is 23.5. The van der Waals surface area contributed by atoms with Crippen LogP contribution in [0.25, 0.3) is 11.0 Å². The minimum atomic E-state index is -3.59. The van der Waals surface area contributed by atoms with Gasteiger partial charge in [0.2, 0.25) is 15.9 Å². The van der Waals surface area contributed by atoms with E-state index in [1.165, 1.54) is 22.5 Å². The van der Waals surface area contributed by atoms with Crippen LogP contribution in [0.15, 0.2) is 41.3 Å². The van der Waals surface area contributed by atoms with Crippen LogP contribution in [-0.4, -0.2) is 41.3 Å². The van der Waals surface area contributed by atoms with Crippen molar-refractivity contribution in [3.8, 4) is 0 Å². The molecule has 3 rings (SSSR count).